The first-order valence-corrected chi connectivity index (χ1v) is 13.3. The van der Waals surface area contributed by atoms with E-state index in [1.807, 2.05) is 23.1 Å². The molecule has 2 unspecified atom stereocenters. The van der Waals surface area contributed by atoms with Gasteiger partial charge >= 0.3 is 0 Å². The van der Waals surface area contributed by atoms with Gasteiger partial charge in [0.2, 0.25) is 11.8 Å². The first-order valence-electron chi connectivity index (χ1n) is 13.3. The second-order valence-electron chi connectivity index (χ2n) is 10.5. The summed E-state index contributed by atoms with van der Waals surface area (Å²) in [5, 5.41) is 4.16. The minimum absolute atomic E-state index is 0.0727. The zero-order chi connectivity index (χ0) is 24.2. The molecule has 0 N–H and O–H groups in total. The van der Waals surface area contributed by atoms with Gasteiger partial charge in [-0.05, 0) is 56.1 Å². The largest absolute Gasteiger partial charge is 0.337 e. The standard InChI is InChI=1S/C27H38N6O2/c1-21(34)32-15-13-24-7-4-8-25(33(24)16-22-11-12-22)18-30(17-23-6-2-3-9-26(23)32)27(35)10-5-14-31-20-28-19-29-31/h2-3,6,9,19-20,22,24-25H,4-5,7-8,10-18H2,1H3. The van der Waals surface area contributed by atoms with Crippen molar-refractivity contribution in [2.75, 3.05) is 24.5 Å². The Labute approximate surface area is 208 Å². The van der Waals surface area contributed by atoms with Crippen molar-refractivity contribution in [3.8, 4) is 0 Å². The molecule has 8 heteroatoms. The van der Waals surface area contributed by atoms with Crippen molar-refractivity contribution >= 4 is 17.5 Å². The van der Waals surface area contributed by atoms with Gasteiger partial charge in [0.15, 0.2) is 0 Å². The van der Waals surface area contributed by atoms with Gasteiger partial charge < -0.3 is 9.80 Å². The van der Waals surface area contributed by atoms with Crippen LogP contribution in [0.15, 0.2) is 36.9 Å². The van der Waals surface area contributed by atoms with Crippen LogP contribution in [0.3, 0.4) is 0 Å². The van der Waals surface area contributed by atoms with Crippen LogP contribution in [0.4, 0.5) is 5.69 Å². The molecule has 2 aliphatic heterocycles. The minimum Gasteiger partial charge on any atom is -0.337 e. The molecule has 5 rings (SSSR count). The van der Waals surface area contributed by atoms with Gasteiger partial charge in [0.25, 0.3) is 0 Å². The lowest BCUT2D eigenvalue weighted by Gasteiger charge is -2.44. The highest BCUT2D eigenvalue weighted by Crippen LogP contribution is 2.36. The number of para-hydroxylation sites is 1. The van der Waals surface area contributed by atoms with E-state index in [2.05, 4.69) is 25.9 Å². The SMILES string of the molecule is CC(=O)N1CCC2CCCC(CN(C(=O)CCCn3cncn3)Cc3ccccc31)N2CC1CC1. The minimum atomic E-state index is 0.0727. The lowest BCUT2D eigenvalue weighted by atomic mass is 9.92. The quantitative estimate of drug-likeness (QED) is 0.636. The molecule has 2 atom stereocenters. The highest BCUT2D eigenvalue weighted by Gasteiger charge is 2.37. The van der Waals surface area contributed by atoms with Crippen molar-refractivity contribution < 1.29 is 9.59 Å². The predicted octanol–water partition coefficient (Wildman–Crippen LogP) is 3.48. The molecule has 3 aliphatic rings. The number of hydrogen-bond donors (Lipinski definition) is 0. The molecule has 35 heavy (non-hydrogen) atoms. The number of rotatable bonds is 6. The van der Waals surface area contributed by atoms with Gasteiger partial charge in [-0.3, -0.25) is 19.2 Å². The Bertz CT molecular complexity index is 1000. The van der Waals surface area contributed by atoms with Crippen LogP contribution in [0.2, 0.25) is 0 Å². The molecule has 2 amide bonds. The Morgan fingerprint density at radius 2 is 1.89 bits per heavy atom. The molecule has 188 valence electrons. The molecule has 1 aromatic carbocycles. The summed E-state index contributed by atoms with van der Waals surface area (Å²) >= 11 is 0. The molecule has 3 heterocycles. The second kappa shape index (κ2) is 10.9. The molecule has 1 saturated carbocycles. The summed E-state index contributed by atoms with van der Waals surface area (Å²) in [7, 11) is 0. The molecule has 0 radical (unpaired) electrons. The Hall–Kier alpha value is -2.74. The van der Waals surface area contributed by atoms with E-state index < -0.39 is 0 Å². The van der Waals surface area contributed by atoms with Crippen LogP contribution >= 0.6 is 0 Å². The summed E-state index contributed by atoms with van der Waals surface area (Å²) in [4.78, 5) is 37.0. The normalized spacial score (nSPS) is 23.5. The molecular formula is C27H38N6O2. The number of nitrogens with zero attached hydrogens (tertiary/aromatic N) is 6. The third kappa shape index (κ3) is 5.92. The number of amides is 2. The number of anilines is 1. The van der Waals surface area contributed by atoms with E-state index in [-0.39, 0.29) is 11.8 Å². The van der Waals surface area contributed by atoms with Gasteiger partial charge in [-0.2, -0.15) is 5.10 Å². The summed E-state index contributed by atoms with van der Waals surface area (Å²) in [6.07, 6.45) is 11.6. The second-order valence-corrected chi connectivity index (χ2v) is 10.5. The molecule has 2 aromatic rings. The summed E-state index contributed by atoms with van der Waals surface area (Å²) < 4.78 is 1.78. The van der Waals surface area contributed by atoms with E-state index in [4.69, 9.17) is 0 Å². The number of hydrogen-bond acceptors (Lipinski definition) is 5. The fourth-order valence-electron chi connectivity index (χ4n) is 5.87. The van der Waals surface area contributed by atoms with Gasteiger partial charge in [0.05, 0.1) is 0 Å². The van der Waals surface area contributed by atoms with Gasteiger partial charge in [-0.1, -0.05) is 24.6 Å². The molecule has 1 aliphatic carbocycles. The molecule has 2 fully saturated rings. The average molecular weight is 479 g/mol. The number of aryl methyl sites for hydroxylation is 1. The number of carbonyl (C=O) groups is 2. The third-order valence-electron chi connectivity index (χ3n) is 7.92. The molecule has 1 saturated heterocycles. The van der Waals surface area contributed by atoms with E-state index in [0.29, 0.717) is 31.6 Å². The van der Waals surface area contributed by atoms with Crippen molar-refractivity contribution in [3.05, 3.63) is 42.5 Å². The fourth-order valence-corrected chi connectivity index (χ4v) is 5.87. The molecule has 8 nitrogen and oxygen atoms in total. The van der Waals surface area contributed by atoms with Gasteiger partial charge in [0.1, 0.15) is 12.7 Å². The monoisotopic (exact) mass is 478 g/mol. The van der Waals surface area contributed by atoms with Crippen LogP contribution in [0.25, 0.3) is 0 Å². The number of piperidine rings is 1. The van der Waals surface area contributed by atoms with Crippen LogP contribution in [0, 0.1) is 5.92 Å². The van der Waals surface area contributed by atoms with Crippen molar-refractivity contribution in [2.24, 2.45) is 5.92 Å². The van der Waals surface area contributed by atoms with Crippen LogP contribution < -0.4 is 4.90 Å². The van der Waals surface area contributed by atoms with Crippen LogP contribution in [0.5, 0.6) is 0 Å². The van der Waals surface area contributed by atoms with E-state index >= 15 is 0 Å². The summed E-state index contributed by atoms with van der Waals surface area (Å²) in [5.74, 6) is 1.06. The van der Waals surface area contributed by atoms with Crippen LogP contribution in [0.1, 0.15) is 63.9 Å². The van der Waals surface area contributed by atoms with Gasteiger partial charge in [-0.25, -0.2) is 4.98 Å². The van der Waals surface area contributed by atoms with Crippen molar-refractivity contribution in [1.29, 1.82) is 0 Å². The van der Waals surface area contributed by atoms with Crippen molar-refractivity contribution in [1.82, 2.24) is 24.6 Å². The Balaban J connectivity index is 1.41. The lowest BCUT2D eigenvalue weighted by molar-refractivity contribution is -0.133. The maximum Gasteiger partial charge on any atom is 0.223 e. The number of carbonyl (C=O) groups excluding carboxylic acids is 2. The lowest BCUT2D eigenvalue weighted by Crippen LogP contribution is -2.53. The number of fused-ring (bicyclic) bond motifs is 3. The van der Waals surface area contributed by atoms with E-state index in [9.17, 15) is 9.59 Å². The number of aromatic nitrogens is 3. The van der Waals surface area contributed by atoms with Gasteiger partial charge in [-0.15, -0.1) is 0 Å². The number of benzene rings is 1. The maximum absolute atomic E-state index is 13.6. The predicted molar refractivity (Wildman–Crippen MR) is 135 cm³/mol. The first-order chi connectivity index (χ1) is 17.1. The van der Waals surface area contributed by atoms with Gasteiger partial charge in [0, 0.05) is 63.8 Å². The van der Waals surface area contributed by atoms with Crippen molar-refractivity contribution in [2.45, 2.75) is 83.5 Å². The Morgan fingerprint density at radius 1 is 1.06 bits per heavy atom. The third-order valence-corrected chi connectivity index (χ3v) is 7.92. The summed E-state index contributed by atoms with van der Waals surface area (Å²) in [6.45, 7) is 5.52. The zero-order valence-electron chi connectivity index (χ0n) is 20.9. The average Bonchev–Trinajstić information content (AvgIpc) is 3.52. The van der Waals surface area contributed by atoms with Crippen LogP contribution in [-0.2, 0) is 22.7 Å². The zero-order valence-corrected chi connectivity index (χ0v) is 20.9. The molecule has 2 bridgehead atoms. The topological polar surface area (TPSA) is 74.6 Å². The molecule has 1 aromatic heterocycles. The fraction of sp³-hybridized carbons (Fsp3) is 0.630. The van der Waals surface area contributed by atoms with E-state index in [0.717, 1.165) is 56.1 Å². The highest BCUT2D eigenvalue weighted by atomic mass is 16.2. The molecular weight excluding hydrogens is 440 g/mol. The summed E-state index contributed by atoms with van der Waals surface area (Å²) in [6, 6.07) is 9.00. The Morgan fingerprint density at radius 3 is 2.66 bits per heavy atom. The van der Waals surface area contributed by atoms with E-state index in [1.54, 1.807) is 17.9 Å². The van der Waals surface area contributed by atoms with Crippen LogP contribution in [-0.4, -0.2) is 68.1 Å². The summed E-state index contributed by atoms with van der Waals surface area (Å²) in [5.41, 5.74) is 2.00. The first kappa shape index (κ1) is 24.0. The molecule has 0 spiro atoms. The van der Waals surface area contributed by atoms with Crippen molar-refractivity contribution in [3.63, 3.8) is 0 Å². The van der Waals surface area contributed by atoms with E-state index in [1.165, 1.54) is 32.0 Å². The smallest absolute Gasteiger partial charge is 0.223 e. The highest BCUT2D eigenvalue weighted by molar-refractivity contribution is 5.92. The maximum atomic E-state index is 13.6. The Kier molecular flexibility index (Phi) is 7.46.